The molecule has 0 saturated heterocycles. The Morgan fingerprint density at radius 1 is 0.212 bits per heavy atom. The van der Waals surface area contributed by atoms with E-state index in [9.17, 15) is 15.3 Å². The summed E-state index contributed by atoms with van der Waals surface area (Å²) in [5.74, 6) is 2.46. The molecule has 0 aliphatic rings. The predicted molar refractivity (Wildman–Crippen MR) is 417 cm³/mol. The maximum atomic E-state index is 12.6. The second kappa shape index (κ2) is 26.5. The molecule has 9 nitrogen and oxygen atoms in total. The zero-order valence-corrected chi connectivity index (χ0v) is 68.5. The van der Waals surface area contributed by atoms with Gasteiger partial charge in [0.15, 0.2) is 0 Å². The van der Waals surface area contributed by atoms with Crippen LogP contribution in [-0.2, 0) is 84.2 Å². The molecule has 0 atom stereocenters. The largest absolute Gasteiger partial charge is 0.507 e. The number of aromatic nitrogens is 3. The molecule has 1 heterocycles. The van der Waals surface area contributed by atoms with Crippen LogP contribution in [0.25, 0.3) is 0 Å². The van der Waals surface area contributed by atoms with Gasteiger partial charge < -0.3 is 29.5 Å². The van der Waals surface area contributed by atoms with Gasteiger partial charge in [0, 0.05) is 52.6 Å². The highest BCUT2D eigenvalue weighted by molar-refractivity contribution is 5.60. The lowest BCUT2D eigenvalue weighted by molar-refractivity contribution is 0.347. The van der Waals surface area contributed by atoms with Crippen molar-refractivity contribution in [2.24, 2.45) is 0 Å². The fourth-order valence-electron chi connectivity index (χ4n) is 12.6. The van der Waals surface area contributed by atoms with Crippen molar-refractivity contribution in [1.82, 2.24) is 15.0 Å². The monoisotopic (exact) mass is 1350 g/mol. The Hall–Kier alpha value is -6.87. The summed E-state index contributed by atoms with van der Waals surface area (Å²) in [6.07, 6.45) is 0.989. The third-order valence-electron chi connectivity index (χ3n) is 19.4. The fraction of sp³-hybridized carbons (Fsp3) is 0.567. The predicted octanol–water partition coefficient (Wildman–Crippen LogP) is 24.7. The summed E-state index contributed by atoms with van der Waals surface area (Å²) >= 11 is 0. The highest BCUT2D eigenvalue weighted by Gasteiger charge is 2.36. The molecule has 1 aromatic heterocycles. The molecule has 0 unspecified atom stereocenters. The van der Waals surface area contributed by atoms with Crippen molar-refractivity contribution in [3.63, 3.8) is 0 Å². The quantitative estimate of drug-likeness (QED) is 0.110. The van der Waals surface area contributed by atoms with Gasteiger partial charge in [-0.1, -0.05) is 322 Å². The number of benzene rings is 6. The molecule has 0 spiro atoms. The van der Waals surface area contributed by atoms with Crippen molar-refractivity contribution in [2.45, 2.75) is 333 Å². The molecule has 6 aromatic carbocycles. The number of phenolic OH excluding ortho intramolecular Hbond substituents is 3. The molecule has 0 radical (unpaired) electrons. The molecule has 7 aromatic rings. The Kier molecular flexibility index (Phi) is 21.3. The minimum Gasteiger partial charge on any atom is -0.507 e. The van der Waals surface area contributed by atoms with E-state index in [2.05, 4.69) is 322 Å². The van der Waals surface area contributed by atoms with Crippen LogP contribution >= 0.6 is 0 Å². The number of hydrogen-bond donors (Lipinski definition) is 3. The normalized spacial score (nSPS) is 13.7. The molecule has 540 valence electrons. The van der Waals surface area contributed by atoms with E-state index in [-0.39, 0.29) is 84.0 Å². The van der Waals surface area contributed by atoms with Crippen LogP contribution in [0.5, 0.6) is 52.5 Å². The van der Waals surface area contributed by atoms with E-state index in [0.717, 1.165) is 100 Å². The van der Waals surface area contributed by atoms with Crippen molar-refractivity contribution < 1.29 is 29.5 Å². The van der Waals surface area contributed by atoms with Crippen LogP contribution in [0.4, 0.5) is 0 Å². The average Bonchev–Trinajstić information content (AvgIpc) is 0.771. The van der Waals surface area contributed by atoms with Crippen LogP contribution in [0.2, 0.25) is 0 Å². The van der Waals surface area contributed by atoms with Crippen LogP contribution in [0, 0.1) is 0 Å². The number of hydrogen-bond acceptors (Lipinski definition) is 9. The third kappa shape index (κ3) is 18.6. The second-order valence-electron chi connectivity index (χ2n) is 41.2. The second-order valence-corrected chi connectivity index (χ2v) is 41.2. The maximum absolute atomic E-state index is 12.6. The highest BCUT2D eigenvalue weighted by Crippen LogP contribution is 2.50. The van der Waals surface area contributed by atoms with Gasteiger partial charge in [-0.15, -0.1) is 15.0 Å². The first-order valence-corrected chi connectivity index (χ1v) is 36.3. The van der Waals surface area contributed by atoms with Gasteiger partial charge in [-0.3, -0.25) is 0 Å². The van der Waals surface area contributed by atoms with E-state index in [4.69, 9.17) is 29.2 Å². The van der Waals surface area contributed by atoms with Gasteiger partial charge in [0.2, 0.25) is 0 Å². The van der Waals surface area contributed by atoms with Crippen molar-refractivity contribution in [3.8, 4) is 52.5 Å². The fourth-order valence-corrected chi connectivity index (χ4v) is 12.6. The summed E-state index contributed by atoms with van der Waals surface area (Å²) in [7, 11) is 0. The van der Waals surface area contributed by atoms with E-state index in [1.165, 1.54) is 0 Å². The lowest BCUT2D eigenvalue weighted by Crippen LogP contribution is -2.20. The SMILES string of the molecule is CC(C)(C)c1cc(Cc2cc(C(C)(C)C)cc(C(C)(C)C)c2Oc2nc(Oc3c(Cc4cc(C(C)(C)C)cc(C(C)(C)C)c4O)cc(C(C)(C)C)cc3C(C)(C)C)nc(Oc3c(Cc4cc(C(C)(C)C)cc(C(C)(C)C)c4O)cc(C(C)(C)C)cc3C(C)(C)C)n2)c(O)c(C(C)(C)C)c1. The number of nitrogens with zero attached hydrogens (tertiary/aromatic N) is 3. The lowest BCUT2D eigenvalue weighted by atomic mass is 9.76. The molecule has 7 rings (SSSR count). The van der Waals surface area contributed by atoms with Crippen LogP contribution in [-0.4, -0.2) is 30.3 Å². The van der Waals surface area contributed by atoms with Crippen LogP contribution < -0.4 is 14.2 Å². The summed E-state index contributed by atoms with van der Waals surface area (Å²) in [6, 6.07) is 26.2. The molecule has 3 N–H and O–H groups in total. The standard InChI is InChI=1S/C90H129N3O6/c1-79(2,3)58-40-52(70(94)64(46-58)85(19,20)21)37-55-43-61(82(10,11)12)49-67(88(28,29)30)73(55)97-76-91-77(98-74-56(44-62(83(13,14)15)50-68(74)89(31,32)33)38-53-41-59(80(4,5)6)47-65(71(53)95)86(22,23)24)93-78(92-76)99-75-57(45-63(84(16,17)18)51-69(75)90(34,35)36)39-54-42-60(81(7,8)9)48-66(72(54)96)87(25,26)27/h40-51,94-96H,37-39H2,1-36H3. The summed E-state index contributed by atoms with van der Waals surface area (Å²) in [5, 5.41) is 37.7. The summed E-state index contributed by atoms with van der Waals surface area (Å²) < 4.78 is 22.5. The van der Waals surface area contributed by atoms with Crippen molar-refractivity contribution in [2.75, 3.05) is 0 Å². The van der Waals surface area contributed by atoms with E-state index in [1.54, 1.807) is 0 Å². The van der Waals surface area contributed by atoms with Gasteiger partial charge in [-0.25, -0.2) is 0 Å². The van der Waals surface area contributed by atoms with Crippen LogP contribution in [0.3, 0.4) is 0 Å². The van der Waals surface area contributed by atoms with Gasteiger partial charge in [-0.05, 0) is 132 Å². The van der Waals surface area contributed by atoms with E-state index < -0.39 is 16.2 Å². The Labute approximate surface area is 600 Å². The molecule has 0 bridgehead atoms. The smallest absolute Gasteiger partial charge is 0.331 e. The Bertz CT molecular complexity index is 3710. The summed E-state index contributed by atoms with van der Waals surface area (Å²) in [5.41, 5.74) is 13.0. The molecule has 9 heteroatoms. The van der Waals surface area contributed by atoms with Gasteiger partial charge >= 0.3 is 18.0 Å². The van der Waals surface area contributed by atoms with Crippen LogP contribution in [0.15, 0.2) is 72.8 Å². The summed E-state index contributed by atoms with van der Waals surface area (Å²) in [4.78, 5) is 15.8. The average molecular weight is 1350 g/mol. The minimum atomic E-state index is -0.481. The zero-order valence-electron chi connectivity index (χ0n) is 68.5. The first kappa shape index (κ1) is 79.5. The number of rotatable bonds is 12. The van der Waals surface area contributed by atoms with E-state index in [1.807, 2.05) is 0 Å². The highest BCUT2D eigenvalue weighted by atomic mass is 16.5. The first-order chi connectivity index (χ1) is 44.3. The topological polar surface area (TPSA) is 127 Å². The van der Waals surface area contributed by atoms with Gasteiger partial charge in [0.05, 0.1) is 0 Å². The molecule has 0 aliphatic heterocycles. The number of phenols is 3. The van der Waals surface area contributed by atoms with Crippen LogP contribution in [0.1, 0.15) is 349 Å². The molecule has 0 saturated carbocycles. The van der Waals surface area contributed by atoms with E-state index >= 15 is 0 Å². The molecular formula is C90H129N3O6. The summed E-state index contributed by atoms with van der Waals surface area (Å²) in [6.45, 7) is 79.2. The number of ether oxygens (including phenoxy) is 3. The molecule has 99 heavy (non-hydrogen) atoms. The van der Waals surface area contributed by atoms with Crippen molar-refractivity contribution in [3.05, 3.63) is 173 Å². The minimum absolute atomic E-state index is 0.0562. The molecule has 0 aliphatic carbocycles. The van der Waals surface area contributed by atoms with E-state index in [0.29, 0.717) is 36.5 Å². The maximum Gasteiger partial charge on any atom is 0.331 e. The lowest BCUT2D eigenvalue weighted by Gasteiger charge is -2.31. The Morgan fingerprint density at radius 3 is 0.515 bits per heavy atom. The van der Waals surface area contributed by atoms with Gasteiger partial charge in [-0.2, -0.15) is 0 Å². The van der Waals surface area contributed by atoms with Crippen molar-refractivity contribution >= 4 is 0 Å². The first-order valence-electron chi connectivity index (χ1n) is 36.3. The Balaban J connectivity index is 1.65. The Morgan fingerprint density at radius 2 is 0.364 bits per heavy atom. The van der Waals surface area contributed by atoms with Gasteiger partial charge in [0.1, 0.15) is 34.5 Å². The molecule has 0 fully saturated rings. The number of aromatic hydroxyl groups is 3. The zero-order chi connectivity index (χ0) is 75.4. The van der Waals surface area contributed by atoms with Gasteiger partial charge in [0.25, 0.3) is 0 Å². The molecular weight excluding hydrogens is 1220 g/mol. The third-order valence-corrected chi connectivity index (χ3v) is 19.4. The molecule has 0 amide bonds. The van der Waals surface area contributed by atoms with Crippen molar-refractivity contribution in [1.29, 1.82) is 0 Å².